The Morgan fingerprint density at radius 2 is 1.89 bits per heavy atom. The second-order valence-electron chi connectivity index (χ2n) is 5.94. The maximum atomic E-state index is 14.0. The Morgan fingerprint density at radius 3 is 2.32 bits per heavy atom. The number of benzene rings is 1. The number of aliphatic hydroxyl groups excluding tert-OH is 1. The number of halogens is 2. The van der Waals surface area contributed by atoms with E-state index in [1.807, 2.05) is 13.8 Å². The Bertz CT molecular complexity index is 448. The Morgan fingerprint density at radius 1 is 1.32 bits per heavy atom. The molecule has 1 aliphatic rings. The second kappa shape index (κ2) is 5.08. The molecule has 0 aromatic heterocycles. The zero-order valence-corrected chi connectivity index (χ0v) is 11.5. The zero-order valence-electron chi connectivity index (χ0n) is 11.5. The minimum Gasteiger partial charge on any atom is -0.497 e. The molecule has 0 spiro atoms. The van der Waals surface area contributed by atoms with Crippen LogP contribution in [0.15, 0.2) is 12.1 Å². The number of hydrogen-bond donors (Lipinski definition) is 1. The Balaban J connectivity index is 2.36. The van der Waals surface area contributed by atoms with Crippen LogP contribution in [0, 0.1) is 23.0 Å². The van der Waals surface area contributed by atoms with Gasteiger partial charge in [-0.05, 0) is 24.2 Å². The number of methoxy groups -OCH3 is 1. The van der Waals surface area contributed by atoms with Crippen molar-refractivity contribution in [2.45, 2.75) is 39.2 Å². The Kier molecular flexibility index (Phi) is 3.81. The number of rotatable bonds is 3. The largest absolute Gasteiger partial charge is 0.497 e. The predicted molar refractivity (Wildman–Crippen MR) is 69.0 cm³/mol. The molecule has 2 unspecified atom stereocenters. The molecule has 0 aliphatic heterocycles. The van der Waals surface area contributed by atoms with Crippen LogP contribution < -0.4 is 4.74 Å². The van der Waals surface area contributed by atoms with Crippen LogP contribution in [0.2, 0.25) is 0 Å². The molecule has 2 rings (SSSR count). The maximum Gasteiger partial charge on any atom is 0.135 e. The highest BCUT2D eigenvalue weighted by molar-refractivity contribution is 5.32. The number of hydrogen-bond acceptors (Lipinski definition) is 2. The van der Waals surface area contributed by atoms with Crippen LogP contribution in [0.1, 0.15) is 44.8 Å². The van der Waals surface area contributed by atoms with Crippen LogP contribution in [0.5, 0.6) is 5.75 Å². The maximum absolute atomic E-state index is 14.0. The third kappa shape index (κ3) is 2.59. The van der Waals surface area contributed by atoms with E-state index in [2.05, 4.69) is 0 Å². The summed E-state index contributed by atoms with van der Waals surface area (Å²) in [4.78, 5) is 0. The number of ether oxygens (including phenoxy) is 1. The van der Waals surface area contributed by atoms with Gasteiger partial charge >= 0.3 is 0 Å². The first-order chi connectivity index (χ1) is 8.86. The van der Waals surface area contributed by atoms with Crippen molar-refractivity contribution < 1.29 is 18.6 Å². The minimum absolute atomic E-state index is 0.0990. The fraction of sp³-hybridized carbons (Fsp3) is 0.600. The number of aliphatic hydroxyl groups is 1. The highest BCUT2D eigenvalue weighted by atomic mass is 19.1. The molecule has 1 N–H and O–H groups in total. The van der Waals surface area contributed by atoms with Crippen LogP contribution in [-0.4, -0.2) is 12.2 Å². The van der Waals surface area contributed by atoms with Gasteiger partial charge in [0.1, 0.15) is 17.4 Å². The lowest BCUT2D eigenvalue weighted by atomic mass is 9.76. The summed E-state index contributed by atoms with van der Waals surface area (Å²) in [5.41, 5.74) is -0.334. The first-order valence-corrected chi connectivity index (χ1v) is 6.58. The molecule has 2 atom stereocenters. The summed E-state index contributed by atoms with van der Waals surface area (Å²) in [5.74, 6) is -1.49. The Labute approximate surface area is 112 Å². The molecule has 4 heteroatoms. The summed E-state index contributed by atoms with van der Waals surface area (Å²) in [6.45, 7) is 4.07. The highest BCUT2D eigenvalue weighted by Gasteiger charge is 2.41. The van der Waals surface area contributed by atoms with Gasteiger partial charge in [-0.25, -0.2) is 8.78 Å². The molecular formula is C15H20F2O2. The molecule has 1 aromatic carbocycles. The zero-order chi connectivity index (χ0) is 14.2. The monoisotopic (exact) mass is 270 g/mol. The quantitative estimate of drug-likeness (QED) is 0.904. The van der Waals surface area contributed by atoms with Crippen LogP contribution in [0.3, 0.4) is 0 Å². The summed E-state index contributed by atoms with van der Waals surface area (Å²) in [6, 6.07) is 2.23. The molecule has 1 aromatic rings. The second-order valence-corrected chi connectivity index (χ2v) is 5.94. The third-order valence-electron chi connectivity index (χ3n) is 4.31. The molecule has 0 heterocycles. The van der Waals surface area contributed by atoms with E-state index in [4.69, 9.17) is 4.74 Å². The van der Waals surface area contributed by atoms with E-state index in [9.17, 15) is 13.9 Å². The summed E-state index contributed by atoms with van der Waals surface area (Å²) in [6.07, 6.45) is 1.63. The van der Waals surface area contributed by atoms with Crippen LogP contribution in [0.25, 0.3) is 0 Å². The average Bonchev–Trinajstić information content (AvgIpc) is 2.67. The standard InChI is InChI=1S/C15H20F2O2/c1-15(2)6-4-5-10(15)14(18)13-11(16)7-9(19-3)8-12(13)17/h7-8,10,14,18H,4-6H2,1-3H3. The van der Waals surface area contributed by atoms with Crippen molar-refractivity contribution in [2.24, 2.45) is 11.3 Å². The van der Waals surface area contributed by atoms with E-state index < -0.39 is 17.7 Å². The molecular weight excluding hydrogens is 250 g/mol. The van der Waals surface area contributed by atoms with Gasteiger partial charge in [0.2, 0.25) is 0 Å². The molecule has 1 aliphatic carbocycles. The van der Waals surface area contributed by atoms with Gasteiger partial charge in [-0.2, -0.15) is 0 Å². The predicted octanol–water partition coefficient (Wildman–Crippen LogP) is 3.83. The van der Waals surface area contributed by atoms with Gasteiger partial charge in [0.05, 0.1) is 18.8 Å². The van der Waals surface area contributed by atoms with Gasteiger partial charge in [-0.3, -0.25) is 0 Å². The van der Waals surface area contributed by atoms with Crippen molar-refractivity contribution in [1.29, 1.82) is 0 Å². The SMILES string of the molecule is COc1cc(F)c(C(O)C2CCCC2(C)C)c(F)c1. The van der Waals surface area contributed by atoms with Crippen molar-refractivity contribution in [3.63, 3.8) is 0 Å². The van der Waals surface area contributed by atoms with Crippen molar-refractivity contribution in [1.82, 2.24) is 0 Å². The molecule has 0 radical (unpaired) electrons. The fourth-order valence-corrected chi connectivity index (χ4v) is 3.10. The van der Waals surface area contributed by atoms with E-state index >= 15 is 0 Å². The van der Waals surface area contributed by atoms with Gasteiger partial charge in [-0.15, -0.1) is 0 Å². The van der Waals surface area contributed by atoms with E-state index in [-0.39, 0.29) is 22.6 Å². The molecule has 1 fully saturated rings. The fourth-order valence-electron chi connectivity index (χ4n) is 3.10. The minimum atomic E-state index is -1.11. The topological polar surface area (TPSA) is 29.5 Å². The first kappa shape index (κ1) is 14.3. The molecule has 106 valence electrons. The third-order valence-corrected chi connectivity index (χ3v) is 4.31. The van der Waals surface area contributed by atoms with E-state index in [1.54, 1.807) is 0 Å². The van der Waals surface area contributed by atoms with E-state index in [0.717, 1.165) is 31.4 Å². The van der Waals surface area contributed by atoms with Gasteiger partial charge < -0.3 is 9.84 Å². The van der Waals surface area contributed by atoms with Crippen molar-refractivity contribution in [2.75, 3.05) is 7.11 Å². The highest BCUT2D eigenvalue weighted by Crippen LogP contribution is 2.49. The van der Waals surface area contributed by atoms with E-state index in [0.29, 0.717) is 0 Å². The van der Waals surface area contributed by atoms with Gasteiger partial charge in [0, 0.05) is 12.1 Å². The van der Waals surface area contributed by atoms with Gasteiger partial charge in [0.25, 0.3) is 0 Å². The normalized spacial score (nSPS) is 23.4. The van der Waals surface area contributed by atoms with E-state index in [1.165, 1.54) is 7.11 Å². The lowest BCUT2D eigenvalue weighted by Crippen LogP contribution is -2.25. The van der Waals surface area contributed by atoms with Crippen LogP contribution in [0.4, 0.5) is 8.78 Å². The van der Waals surface area contributed by atoms with Crippen molar-refractivity contribution in [3.8, 4) is 5.75 Å². The summed E-state index contributed by atoms with van der Waals surface area (Å²) in [5, 5.41) is 10.4. The van der Waals surface area contributed by atoms with Crippen molar-refractivity contribution >= 4 is 0 Å². The van der Waals surface area contributed by atoms with Crippen LogP contribution >= 0.6 is 0 Å². The van der Waals surface area contributed by atoms with Crippen molar-refractivity contribution in [3.05, 3.63) is 29.3 Å². The van der Waals surface area contributed by atoms with Crippen LogP contribution in [-0.2, 0) is 0 Å². The lowest BCUT2D eigenvalue weighted by molar-refractivity contribution is 0.0476. The lowest BCUT2D eigenvalue weighted by Gasteiger charge is -2.31. The molecule has 1 saturated carbocycles. The first-order valence-electron chi connectivity index (χ1n) is 6.58. The molecule has 0 bridgehead atoms. The smallest absolute Gasteiger partial charge is 0.135 e. The Hall–Kier alpha value is -1.16. The molecule has 2 nitrogen and oxygen atoms in total. The summed E-state index contributed by atoms with van der Waals surface area (Å²) < 4.78 is 32.8. The molecule has 0 amide bonds. The van der Waals surface area contributed by atoms with Gasteiger partial charge in [0.15, 0.2) is 0 Å². The average molecular weight is 270 g/mol. The summed E-state index contributed by atoms with van der Waals surface area (Å²) >= 11 is 0. The molecule has 19 heavy (non-hydrogen) atoms. The molecule has 0 saturated heterocycles. The van der Waals surface area contributed by atoms with Gasteiger partial charge in [-0.1, -0.05) is 20.3 Å². The summed E-state index contributed by atoms with van der Waals surface area (Å²) in [7, 11) is 1.35.